The average molecular weight is 408 g/mol. The van der Waals surface area contributed by atoms with Gasteiger partial charge in [0.05, 0.1) is 23.7 Å². The molecule has 0 spiro atoms. The second-order valence-electron chi connectivity index (χ2n) is 7.80. The van der Waals surface area contributed by atoms with Gasteiger partial charge in [0.2, 0.25) is 5.91 Å². The Bertz CT molecular complexity index is 692. The van der Waals surface area contributed by atoms with Crippen molar-refractivity contribution < 1.29 is 14.3 Å². The summed E-state index contributed by atoms with van der Waals surface area (Å²) in [6, 6.07) is 4.25. The largest absolute Gasteiger partial charge is 0.495 e. The molecule has 0 aromatic heterocycles. The first-order valence-corrected chi connectivity index (χ1v) is 10.4. The van der Waals surface area contributed by atoms with Gasteiger partial charge in [-0.05, 0) is 74.0 Å². The third kappa shape index (κ3) is 2.80. The Hall–Kier alpha value is -1.07. The third-order valence-electron chi connectivity index (χ3n) is 6.67. The predicted molar refractivity (Wildman–Crippen MR) is 102 cm³/mol. The van der Waals surface area contributed by atoms with Crippen molar-refractivity contribution in [1.29, 1.82) is 0 Å². The van der Waals surface area contributed by atoms with Crippen LogP contribution in [0.3, 0.4) is 0 Å². The first-order chi connectivity index (χ1) is 12.1. The van der Waals surface area contributed by atoms with E-state index >= 15 is 0 Å². The molecule has 3 aliphatic rings. The van der Waals surface area contributed by atoms with Crippen LogP contribution in [0.5, 0.6) is 5.75 Å². The van der Waals surface area contributed by atoms with Crippen molar-refractivity contribution in [2.75, 3.05) is 24.4 Å². The maximum Gasteiger partial charge on any atom is 0.235 e. The molecule has 3 unspecified atom stereocenters. The molecule has 1 saturated carbocycles. The van der Waals surface area contributed by atoms with E-state index in [1.54, 1.807) is 7.11 Å². The van der Waals surface area contributed by atoms with Crippen LogP contribution in [0.1, 0.15) is 49.7 Å². The zero-order chi connectivity index (χ0) is 17.6. The Morgan fingerprint density at radius 3 is 3.00 bits per heavy atom. The summed E-state index contributed by atoms with van der Waals surface area (Å²) < 4.78 is 11.7. The summed E-state index contributed by atoms with van der Waals surface area (Å²) in [5.41, 5.74) is 3.64. The molecule has 2 aliphatic carbocycles. The average Bonchev–Trinajstić information content (AvgIpc) is 3.03. The summed E-state index contributed by atoms with van der Waals surface area (Å²) in [5, 5.41) is 3.35. The van der Waals surface area contributed by atoms with Gasteiger partial charge in [0.1, 0.15) is 5.75 Å². The maximum absolute atomic E-state index is 12.0. The van der Waals surface area contributed by atoms with Gasteiger partial charge >= 0.3 is 0 Å². The summed E-state index contributed by atoms with van der Waals surface area (Å²) in [5.74, 6) is 2.67. The van der Waals surface area contributed by atoms with Crippen molar-refractivity contribution in [2.24, 2.45) is 11.8 Å². The number of amides is 1. The van der Waals surface area contributed by atoms with Gasteiger partial charge in [0, 0.05) is 6.61 Å². The second kappa shape index (κ2) is 6.58. The van der Waals surface area contributed by atoms with E-state index < -0.39 is 0 Å². The van der Waals surface area contributed by atoms with E-state index in [9.17, 15) is 4.79 Å². The number of carbonyl (C=O) groups excluding carboxylic acids is 1. The fourth-order valence-corrected chi connectivity index (χ4v) is 5.67. The Morgan fingerprint density at radius 1 is 1.40 bits per heavy atom. The molecule has 1 amide bonds. The van der Waals surface area contributed by atoms with Crippen molar-refractivity contribution in [1.82, 2.24) is 0 Å². The van der Waals surface area contributed by atoms with Crippen LogP contribution in [0, 0.1) is 11.8 Å². The first kappa shape index (κ1) is 17.3. The smallest absolute Gasteiger partial charge is 0.235 e. The molecule has 2 fully saturated rings. The zero-order valence-electron chi connectivity index (χ0n) is 14.9. The lowest BCUT2D eigenvalue weighted by molar-refractivity contribution is -0.113. The summed E-state index contributed by atoms with van der Waals surface area (Å²) in [6.45, 7) is 3.22. The van der Waals surface area contributed by atoms with E-state index in [2.05, 4.69) is 34.2 Å². The highest BCUT2D eigenvalue weighted by Gasteiger charge is 2.51. The molecular weight excluding hydrogens is 382 g/mol. The number of benzene rings is 1. The summed E-state index contributed by atoms with van der Waals surface area (Å²) in [7, 11) is 1.67. The molecule has 136 valence electrons. The predicted octanol–water partition coefficient (Wildman–Crippen LogP) is 4.26. The molecule has 4 rings (SSSR count). The summed E-state index contributed by atoms with van der Waals surface area (Å²) in [4.78, 5) is 12.0. The number of halogens is 1. The molecule has 1 aromatic carbocycles. The van der Waals surface area contributed by atoms with Crippen molar-refractivity contribution in [3.8, 4) is 5.75 Å². The van der Waals surface area contributed by atoms with Crippen LogP contribution in [-0.4, -0.2) is 30.6 Å². The van der Waals surface area contributed by atoms with Crippen LogP contribution >= 0.6 is 15.9 Å². The van der Waals surface area contributed by atoms with Crippen molar-refractivity contribution in [3.05, 3.63) is 23.3 Å². The number of fused-ring (bicyclic) bond motifs is 5. The molecular formula is C20H26BrNO3. The van der Waals surface area contributed by atoms with Crippen LogP contribution < -0.4 is 10.1 Å². The molecule has 0 radical (unpaired) electrons. The number of hydrogen-bond acceptors (Lipinski definition) is 3. The molecule has 1 heterocycles. The van der Waals surface area contributed by atoms with E-state index in [4.69, 9.17) is 9.47 Å². The summed E-state index contributed by atoms with van der Waals surface area (Å²) in [6.07, 6.45) is 5.66. The van der Waals surface area contributed by atoms with Gasteiger partial charge in [-0.1, -0.05) is 22.0 Å². The van der Waals surface area contributed by atoms with Crippen molar-refractivity contribution in [2.45, 2.75) is 50.5 Å². The van der Waals surface area contributed by atoms with E-state index in [-0.39, 0.29) is 11.5 Å². The molecule has 1 aliphatic heterocycles. The molecule has 4 nitrogen and oxygen atoms in total. The first-order valence-electron chi connectivity index (χ1n) is 9.27. The van der Waals surface area contributed by atoms with E-state index in [0.717, 1.165) is 30.9 Å². The standard InChI is InChI=1S/C20H26BrNO3/c1-20-9-7-13-12-5-6-17(24-2)19(22-18(23)11-21)15(12)4-3-14(13)16(20)8-10-25-20/h5-6,13-14,16H,3-4,7-11H2,1-2H3,(H,22,23)/t13?,14?,16?,20-/m0/s1. The van der Waals surface area contributed by atoms with Crippen LogP contribution in [0.15, 0.2) is 12.1 Å². The molecule has 1 aromatic rings. The van der Waals surface area contributed by atoms with Gasteiger partial charge < -0.3 is 14.8 Å². The van der Waals surface area contributed by atoms with Gasteiger partial charge in [0.25, 0.3) is 0 Å². The number of rotatable bonds is 3. The molecule has 1 saturated heterocycles. The minimum absolute atomic E-state index is 0.0331. The number of carbonyl (C=O) groups is 1. The lowest BCUT2D eigenvalue weighted by atomic mass is 9.58. The fourth-order valence-electron chi connectivity index (χ4n) is 5.53. The van der Waals surface area contributed by atoms with Crippen LogP contribution in [0.2, 0.25) is 0 Å². The monoisotopic (exact) mass is 407 g/mol. The lowest BCUT2D eigenvalue weighted by Crippen LogP contribution is -2.44. The van der Waals surface area contributed by atoms with Gasteiger partial charge in [-0.3, -0.25) is 4.79 Å². The van der Waals surface area contributed by atoms with E-state index in [0.29, 0.717) is 23.1 Å². The number of hydrogen-bond donors (Lipinski definition) is 1. The normalized spacial score (nSPS) is 33.2. The Labute approximate surface area is 157 Å². The molecule has 0 bridgehead atoms. The van der Waals surface area contributed by atoms with Gasteiger partial charge in [-0.15, -0.1) is 0 Å². The van der Waals surface area contributed by atoms with Crippen LogP contribution in [0.25, 0.3) is 0 Å². The number of methoxy groups -OCH3 is 1. The van der Waals surface area contributed by atoms with E-state index in [1.165, 1.54) is 30.4 Å². The number of alkyl halides is 1. The zero-order valence-corrected chi connectivity index (χ0v) is 16.5. The maximum atomic E-state index is 12.0. The Balaban J connectivity index is 1.71. The van der Waals surface area contributed by atoms with E-state index in [1.807, 2.05) is 6.07 Å². The molecule has 5 heteroatoms. The minimum atomic E-state index is -0.0331. The van der Waals surface area contributed by atoms with Crippen molar-refractivity contribution in [3.63, 3.8) is 0 Å². The number of nitrogens with one attached hydrogen (secondary N) is 1. The lowest BCUT2D eigenvalue weighted by Gasteiger charge is -2.48. The van der Waals surface area contributed by atoms with Crippen molar-refractivity contribution >= 4 is 27.5 Å². The Morgan fingerprint density at radius 2 is 2.24 bits per heavy atom. The molecule has 25 heavy (non-hydrogen) atoms. The molecule has 1 N–H and O–H groups in total. The molecule has 4 atom stereocenters. The number of ether oxygens (including phenoxy) is 2. The minimum Gasteiger partial charge on any atom is -0.495 e. The quantitative estimate of drug-likeness (QED) is 0.761. The van der Waals surface area contributed by atoms with Gasteiger partial charge in [-0.2, -0.15) is 0 Å². The highest BCUT2D eigenvalue weighted by Crippen LogP contribution is 2.56. The topological polar surface area (TPSA) is 47.6 Å². The SMILES string of the molecule is COc1ccc2c(c1NC(=O)CBr)CCC1C2CC[C@]2(C)OCCC12. The third-order valence-corrected chi connectivity index (χ3v) is 7.18. The van der Waals surface area contributed by atoms with Gasteiger partial charge in [-0.25, -0.2) is 0 Å². The number of anilines is 1. The second-order valence-corrected chi connectivity index (χ2v) is 8.36. The van der Waals surface area contributed by atoms with Crippen LogP contribution in [-0.2, 0) is 16.0 Å². The van der Waals surface area contributed by atoms with Crippen LogP contribution in [0.4, 0.5) is 5.69 Å². The Kier molecular flexibility index (Phi) is 4.57. The summed E-state index contributed by atoms with van der Waals surface area (Å²) >= 11 is 3.24. The highest BCUT2D eigenvalue weighted by atomic mass is 79.9. The highest BCUT2D eigenvalue weighted by molar-refractivity contribution is 9.09. The fraction of sp³-hybridized carbons (Fsp3) is 0.650. The van der Waals surface area contributed by atoms with Gasteiger partial charge in [0.15, 0.2) is 0 Å².